The van der Waals surface area contributed by atoms with E-state index in [-0.39, 0.29) is 5.92 Å². The van der Waals surface area contributed by atoms with Gasteiger partial charge < -0.3 is 5.11 Å². The Balaban J connectivity index is 2.05. The Morgan fingerprint density at radius 1 is 1.48 bits per heavy atom. The van der Waals surface area contributed by atoms with Crippen LogP contribution in [0.4, 0.5) is 0 Å². The zero-order chi connectivity index (χ0) is 15.4. The van der Waals surface area contributed by atoms with Gasteiger partial charge in [-0.3, -0.25) is 10.1 Å². The van der Waals surface area contributed by atoms with Crippen LogP contribution < -0.4 is 5.32 Å². The standard InChI is InChI=1S/C15H17BrN2O2S/c1-9(2)13(15(19)20)17-7-12-8-21-14(18-12)10-4-3-5-11(16)6-10/h3-6,8-9,13,17H,7H2,1-2H3,(H,19,20)/t13-/m1/s1. The van der Waals surface area contributed by atoms with Crippen molar-refractivity contribution >= 4 is 33.2 Å². The van der Waals surface area contributed by atoms with Gasteiger partial charge in [-0.2, -0.15) is 0 Å². The van der Waals surface area contributed by atoms with E-state index >= 15 is 0 Å². The maximum atomic E-state index is 11.1. The maximum absolute atomic E-state index is 11.1. The summed E-state index contributed by atoms with van der Waals surface area (Å²) < 4.78 is 1.01. The largest absolute Gasteiger partial charge is 0.480 e. The molecule has 2 aromatic rings. The molecular formula is C15H17BrN2O2S. The van der Waals surface area contributed by atoms with E-state index in [1.54, 1.807) is 11.3 Å². The Hall–Kier alpha value is -1.24. The number of aliphatic carboxylic acids is 1. The van der Waals surface area contributed by atoms with Gasteiger partial charge in [0, 0.05) is 22.0 Å². The summed E-state index contributed by atoms with van der Waals surface area (Å²) in [4.78, 5) is 15.7. The van der Waals surface area contributed by atoms with E-state index in [2.05, 4.69) is 26.2 Å². The minimum Gasteiger partial charge on any atom is -0.480 e. The summed E-state index contributed by atoms with van der Waals surface area (Å²) in [6.45, 7) is 4.24. The molecule has 4 nitrogen and oxygen atoms in total. The quantitative estimate of drug-likeness (QED) is 0.814. The van der Waals surface area contributed by atoms with Crippen molar-refractivity contribution in [2.75, 3.05) is 0 Å². The van der Waals surface area contributed by atoms with E-state index in [0.717, 1.165) is 20.7 Å². The lowest BCUT2D eigenvalue weighted by Gasteiger charge is -2.16. The van der Waals surface area contributed by atoms with Crippen LogP contribution in [-0.2, 0) is 11.3 Å². The van der Waals surface area contributed by atoms with E-state index in [4.69, 9.17) is 5.11 Å². The third-order valence-electron chi connectivity index (χ3n) is 3.06. The van der Waals surface area contributed by atoms with Crippen LogP contribution >= 0.6 is 27.3 Å². The van der Waals surface area contributed by atoms with Crippen LogP contribution in [0.25, 0.3) is 10.6 Å². The Morgan fingerprint density at radius 2 is 2.24 bits per heavy atom. The second-order valence-corrected chi connectivity index (χ2v) is 6.87. The molecule has 0 bridgehead atoms. The second-order valence-electron chi connectivity index (χ2n) is 5.10. The van der Waals surface area contributed by atoms with Gasteiger partial charge in [-0.25, -0.2) is 4.98 Å². The molecule has 0 saturated carbocycles. The topological polar surface area (TPSA) is 62.2 Å². The maximum Gasteiger partial charge on any atom is 0.320 e. The third-order valence-corrected chi connectivity index (χ3v) is 4.49. The normalized spacial score (nSPS) is 12.6. The van der Waals surface area contributed by atoms with Crippen molar-refractivity contribution in [1.29, 1.82) is 0 Å². The third kappa shape index (κ3) is 4.36. The highest BCUT2D eigenvalue weighted by Gasteiger charge is 2.20. The lowest BCUT2D eigenvalue weighted by Crippen LogP contribution is -2.40. The summed E-state index contributed by atoms with van der Waals surface area (Å²) in [5.41, 5.74) is 1.92. The zero-order valence-electron chi connectivity index (χ0n) is 11.8. The number of thiazole rings is 1. The van der Waals surface area contributed by atoms with Gasteiger partial charge in [-0.05, 0) is 18.1 Å². The summed E-state index contributed by atoms with van der Waals surface area (Å²) in [5, 5.41) is 15.1. The fourth-order valence-corrected chi connectivity index (χ4v) is 3.18. The predicted molar refractivity (Wildman–Crippen MR) is 88.4 cm³/mol. The van der Waals surface area contributed by atoms with Crippen LogP contribution in [-0.4, -0.2) is 22.1 Å². The van der Waals surface area contributed by atoms with Crippen LogP contribution in [0.2, 0.25) is 0 Å². The number of aromatic nitrogens is 1. The highest BCUT2D eigenvalue weighted by atomic mass is 79.9. The number of nitrogens with one attached hydrogen (secondary N) is 1. The second kappa shape index (κ2) is 7.15. The van der Waals surface area contributed by atoms with Crippen LogP contribution in [0, 0.1) is 5.92 Å². The number of benzene rings is 1. The highest BCUT2D eigenvalue weighted by Crippen LogP contribution is 2.26. The van der Waals surface area contributed by atoms with Gasteiger partial charge >= 0.3 is 5.97 Å². The molecule has 2 rings (SSSR count). The molecule has 0 unspecified atom stereocenters. The van der Waals surface area contributed by atoms with Crippen LogP contribution in [0.1, 0.15) is 19.5 Å². The van der Waals surface area contributed by atoms with Gasteiger partial charge in [0.1, 0.15) is 11.0 Å². The molecule has 0 radical (unpaired) electrons. The molecular weight excluding hydrogens is 352 g/mol. The number of rotatable bonds is 6. The van der Waals surface area contributed by atoms with E-state index < -0.39 is 12.0 Å². The number of hydrogen-bond donors (Lipinski definition) is 2. The Morgan fingerprint density at radius 3 is 2.86 bits per heavy atom. The number of nitrogens with zero attached hydrogens (tertiary/aromatic N) is 1. The molecule has 21 heavy (non-hydrogen) atoms. The SMILES string of the molecule is CC(C)[C@@H](NCc1csc(-c2cccc(Br)c2)n1)C(=O)O. The van der Waals surface area contributed by atoms with Gasteiger partial charge in [0.25, 0.3) is 0 Å². The Labute approximate surface area is 136 Å². The van der Waals surface area contributed by atoms with Crippen LogP contribution in [0.15, 0.2) is 34.1 Å². The lowest BCUT2D eigenvalue weighted by atomic mass is 10.1. The van der Waals surface area contributed by atoms with E-state index in [0.29, 0.717) is 6.54 Å². The van der Waals surface area contributed by atoms with Crippen LogP contribution in [0.3, 0.4) is 0 Å². The minimum atomic E-state index is -0.826. The van der Waals surface area contributed by atoms with E-state index in [1.807, 2.05) is 43.5 Å². The van der Waals surface area contributed by atoms with E-state index in [1.165, 1.54) is 0 Å². The van der Waals surface area contributed by atoms with Crippen LogP contribution in [0.5, 0.6) is 0 Å². The van der Waals surface area contributed by atoms with Crippen molar-refractivity contribution < 1.29 is 9.90 Å². The van der Waals surface area contributed by atoms with E-state index in [9.17, 15) is 4.79 Å². The average molecular weight is 369 g/mol. The molecule has 1 heterocycles. The fraction of sp³-hybridized carbons (Fsp3) is 0.333. The van der Waals surface area contributed by atoms with Gasteiger partial charge in [0.15, 0.2) is 0 Å². The van der Waals surface area contributed by atoms with Crippen molar-refractivity contribution in [1.82, 2.24) is 10.3 Å². The van der Waals surface area contributed by atoms with Gasteiger partial charge in [-0.15, -0.1) is 11.3 Å². The molecule has 0 saturated heterocycles. The molecule has 0 fully saturated rings. The highest BCUT2D eigenvalue weighted by molar-refractivity contribution is 9.10. The number of carbonyl (C=O) groups is 1. The van der Waals surface area contributed by atoms with Crippen molar-refractivity contribution in [3.05, 3.63) is 39.8 Å². The Bertz CT molecular complexity index is 628. The first-order valence-electron chi connectivity index (χ1n) is 6.64. The zero-order valence-corrected chi connectivity index (χ0v) is 14.2. The van der Waals surface area contributed by atoms with Crippen molar-refractivity contribution in [3.63, 3.8) is 0 Å². The smallest absolute Gasteiger partial charge is 0.320 e. The average Bonchev–Trinajstić information content (AvgIpc) is 2.87. The molecule has 1 atom stereocenters. The lowest BCUT2D eigenvalue weighted by molar-refractivity contribution is -0.140. The molecule has 0 amide bonds. The molecule has 2 N–H and O–H groups in total. The first-order chi connectivity index (χ1) is 9.97. The Kier molecular flexibility index (Phi) is 5.50. The van der Waals surface area contributed by atoms with Crippen molar-refractivity contribution in [2.45, 2.75) is 26.4 Å². The molecule has 0 aliphatic rings. The van der Waals surface area contributed by atoms with Gasteiger partial charge in [-0.1, -0.05) is 41.9 Å². The van der Waals surface area contributed by atoms with Crippen molar-refractivity contribution in [3.8, 4) is 10.6 Å². The minimum absolute atomic E-state index is 0.0330. The predicted octanol–water partition coefficient (Wildman–Crippen LogP) is 3.77. The number of carboxylic acid groups (broad SMARTS) is 1. The molecule has 112 valence electrons. The molecule has 0 aliphatic heterocycles. The molecule has 6 heteroatoms. The monoisotopic (exact) mass is 368 g/mol. The summed E-state index contributed by atoms with van der Waals surface area (Å²) in [6, 6.07) is 7.41. The molecule has 0 aliphatic carbocycles. The summed E-state index contributed by atoms with van der Waals surface area (Å²) in [6.07, 6.45) is 0. The number of carboxylic acids is 1. The number of hydrogen-bond acceptors (Lipinski definition) is 4. The summed E-state index contributed by atoms with van der Waals surface area (Å²) >= 11 is 5.01. The first kappa shape index (κ1) is 16.1. The fourth-order valence-electron chi connectivity index (χ4n) is 1.96. The van der Waals surface area contributed by atoms with Gasteiger partial charge in [0.05, 0.1) is 5.69 Å². The number of halogens is 1. The summed E-state index contributed by atoms with van der Waals surface area (Å²) in [5.74, 6) is -0.793. The van der Waals surface area contributed by atoms with Gasteiger partial charge in [0.2, 0.25) is 0 Å². The molecule has 1 aromatic heterocycles. The summed E-state index contributed by atoms with van der Waals surface area (Å²) in [7, 11) is 0. The molecule has 1 aromatic carbocycles. The first-order valence-corrected chi connectivity index (χ1v) is 8.31. The van der Waals surface area contributed by atoms with Crippen molar-refractivity contribution in [2.24, 2.45) is 5.92 Å². The molecule has 0 spiro atoms.